The molecule has 0 saturated heterocycles. The molecule has 34 heavy (non-hydrogen) atoms. The van der Waals surface area contributed by atoms with Gasteiger partial charge in [0.1, 0.15) is 0 Å². The molecule has 198 valence electrons. The molecule has 0 aliphatic heterocycles. The zero-order valence-electron chi connectivity index (χ0n) is 23.5. The Balaban J connectivity index is 1.56. The van der Waals surface area contributed by atoms with Crippen molar-refractivity contribution in [3.63, 3.8) is 0 Å². The first-order valence-electron chi connectivity index (χ1n) is 16.3. The van der Waals surface area contributed by atoms with Gasteiger partial charge in [-0.1, -0.05) is 105 Å². The van der Waals surface area contributed by atoms with Crippen LogP contribution in [0.2, 0.25) is 0 Å². The molecule has 4 aliphatic carbocycles. The van der Waals surface area contributed by atoms with Crippen molar-refractivity contribution in [3.05, 3.63) is 0 Å². The van der Waals surface area contributed by atoms with Gasteiger partial charge in [-0.05, 0) is 97.7 Å². The van der Waals surface area contributed by atoms with Gasteiger partial charge in [-0.3, -0.25) is 0 Å². The molecular formula is C33H60O. The lowest BCUT2D eigenvalue weighted by Gasteiger charge is -2.59. The van der Waals surface area contributed by atoms with E-state index in [0.29, 0.717) is 11.8 Å². The summed E-state index contributed by atoms with van der Waals surface area (Å²) in [6.45, 7) is 9.67. The molecule has 1 heteroatoms. The van der Waals surface area contributed by atoms with Crippen LogP contribution in [-0.4, -0.2) is 11.2 Å². The average molecular weight is 473 g/mol. The third kappa shape index (κ3) is 5.75. The fourth-order valence-electron chi connectivity index (χ4n) is 10.3. The van der Waals surface area contributed by atoms with Crippen LogP contribution in [0.15, 0.2) is 0 Å². The van der Waals surface area contributed by atoms with Crippen LogP contribution < -0.4 is 0 Å². The Bertz CT molecular complexity index is 579. The third-order valence-corrected chi connectivity index (χ3v) is 12.0. The highest BCUT2D eigenvalue weighted by molar-refractivity contribution is 5.04. The van der Waals surface area contributed by atoms with Gasteiger partial charge in [-0.2, -0.15) is 0 Å². The van der Waals surface area contributed by atoms with E-state index in [1.165, 1.54) is 116 Å². The van der Waals surface area contributed by atoms with Crippen molar-refractivity contribution in [1.82, 2.24) is 0 Å². The van der Waals surface area contributed by atoms with Crippen molar-refractivity contribution in [2.75, 3.05) is 0 Å². The Labute approximate surface area is 213 Å². The molecule has 1 nitrogen and oxygen atoms in total. The van der Waals surface area contributed by atoms with Crippen molar-refractivity contribution in [2.24, 2.45) is 59.2 Å². The van der Waals surface area contributed by atoms with Gasteiger partial charge in [0, 0.05) is 0 Å². The molecule has 10 atom stereocenters. The van der Waals surface area contributed by atoms with E-state index < -0.39 is 0 Å². The quantitative estimate of drug-likeness (QED) is 0.335. The topological polar surface area (TPSA) is 20.2 Å². The molecule has 0 aromatic heterocycles. The van der Waals surface area contributed by atoms with Crippen LogP contribution in [0, 0.1) is 59.2 Å². The Morgan fingerprint density at radius 1 is 0.618 bits per heavy atom. The predicted molar refractivity (Wildman–Crippen MR) is 147 cm³/mol. The molecule has 4 aliphatic rings. The molecule has 4 rings (SSSR count). The fraction of sp³-hybridized carbons (Fsp3) is 1.00. The van der Waals surface area contributed by atoms with Crippen molar-refractivity contribution < 1.29 is 5.11 Å². The molecule has 0 heterocycles. The standard InChI is InChI=1S/C33H60O/c1-5-9-14-24(8-4)32-28-19-17-26(23(7-3)13-6-2)22-31(28)33(34)29-20-18-27(21-30(29)32)25-15-11-10-12-16-25/h23-34H,5-22H2,1-4H3. The van der Waals surface area contributed by atoms with Crippen LogP contribution >= 0.6 is 0 Å². The Morgan fingerprint density at radius 2 is 1.35 bits per heavy atom. The second-order valence-corrected chi connectivity index (χ2v) is 13.5. The molecule has 0 amide bonds. The summed E-state index contributed by atoms with van der Waals surface area (Å²) >= 11 is 0. The number of hydrogen-bond donors (Lipinski definition) is 1. The van der Waals surface area contributed by atoms with Gasteiger partial charge in [-0.15, -0.1) is 0 Å². The lowest BCUT2D eigenvalue weighted by molar-refractivity contribution is -0.146. The Hall–Kier alpha value is -0.0400. The first-order chi connectivity index (χ1) is 16.6. The van der Waals surface area contributed by atoms with Crippen LogP contribution in [0.1, 0.15) is 143 Å². The number of aliphatic hydroxyl groups is 1. The normalized spacial score (nSPS) is 40.9. The minimum absolute atomic E-state index is 0.00386. The lowest BCUT2D eigenvalue weighted by Crippen LogP contribution is -2.55. The molecule has 0 bridgehead atoms. The molecular weight excluding hydrogens is 412 g/mol. The highest BCUT2D eigenvalue weighted by atomic mass is 16.3. The molecule has 4 fully saturated rings. The molecule has 0 aromatic rings. The maximum Gasteiger partial charge on any atom is 0.0602 e. The first-order valence-corrected chi connectivity index (χ1v) is 16.3. The number of aliphatic hydroxyl groups excluding tert-OH is 1. The van der Waals surface area contributed by atoms with E-state index in [2.05, 4.69) is 27.7 Å². The highest BCUT2D eigenvalue weighted by Crippen LogP contribution is 2.59. The van der Waals surface area contributed by atoms with E-state index in [4.69, 9.17) is 0 Å². The number of unbranched alkanes of at least 4 members (excludes halogenated alkanes) is 1. The first kappa shape index (κ1) is 27.0. The van der Waals surface area contributed by atoms with Gasteiger partial charge in [-0.25, -0.2) is 0 Å². The van der Waals surface area contributed by atoms with E-state index in [0.717, 1.165) is 47.3 Å². The smallest absolute Gasteiger partial charge is 0.0602 e. The Kier molecular flexibility index (Phi) is 10.3. The van der Waals surface area contributed by atoms with Crippen LogP contribution in [0.5, 0.6) is 0 Å². The second-order valence-electron chi connectivity index (χ2n) is 13.5. The molecule has 0 spiro atoms. The van der Waals surface area contributed by atoms with Crippen molar-refractivity contribution in [3.8, 4) is 0 Å². The summed E-state index contributed by atoms with van der Waals surface area (Å²) in [4.78, 5) is 0. The fourth-order valence-corrected chi connectivity index (χ4v) is 10.3. The maximum absolute atomic E-state index is 11.9. The monoisotopic (exact) mass is 472 g/mol. The predicted octanol–water partition coefficient (Wildman–Crippen LogP) is 9.67. The van der Waals surface area contributed by atoms with Gasteiger partial charge in [0.2, 0.25) is 0 Å². The summed E-state index contributed by atoms with van der Waals surface area (Å²) in [6.07, 6.45) is 25.6. The van der Waals surface area contributed by atoms with E-state index >= 15 is 0 Å². The number of hydrogen-bond acceptors (Lipinski definition) is 1. The summed E-state index contributed by atoms with van der Waals surface area (Å²) in [7, 11) is 0. The van der Waals surface area contributed by atoms with Crippen molar-refractivity contribution >= 4 is 0 Å². The van der Waals surface area contributed by atoms with Gasteiger partial charge in [0.15, 0.2) is 0 Å². The largest absolute Gasteiger partial charge is 0.393 e. The van der Waals surface area contributed by atoms with Crippen LogP contribution in [0.25, 0.3) is 0 Å². The van der Waals surface area contributed by atoms with Crippen molar-refractivity contribution in [1.29, 1.82) is 0 Å². The van der Waals surface area contributed by atoms with Gasteiger partial charge < -0.3 is 5.11 Å². The zero-order chi connectivity index (χ0) is 24.1. The molecule has 0 aromatic carbocycles. The maximum atomic E-state index is 11.9. The van der Waals surface area contributed by atoms with E-state index in [1.54, 1.807) is 0 Å². The third-order valence-electron chi connectivity index (χ3n) is 12.0. The molecule has 0 radical (unpaired) electrons. The van der Waals surface area contributed by atoms with E-state index in [1.807, 2.05) is 0 Å². The van der Waals surface area contributed by atoms with Crippen LogP contribution in [0.4, 0.5) is 0 Å². The summed E-state index contributed by atoms with van der Waals surface area (Å²) in [5.41, 5.74) is 0. The summed E-state index contributed by atoms with van der Waals surface area (Å²) in [5, 5.41) is 11.9. The SMILES string of the molecule is CCCCC(CC)C1C2CCC(C(CC)CCC)CC2C(O)C2CCC(C3CCCCC3)CC21. The summed E-state index contributed by atoms with van der Waals surface area (Å²) in [5.74, 6) is 8.46. The number of fused-ring (bicyclic) bond motifs is 2. The van der Waals surface area contributed by atoms with Gasteiger partial charge in [0.25, 0.3) is 0 Å². The minimum Gasteiger partial charge on any atom is -0.393 e. The lowest BCUT2D eigenvalue weighted by atomic mass is 9.47. The zero-order valence-corrected chi connectivity index (χ0v) is 23.5. The Morgan fingerprint density at radius 3 is 2.03 bits per heavy atom. The van der Waals surface area contributed by atoms with E-state index in [9.17, 15) is 5.11 Å². The average Bonchev–Trinajstić information content (AvgIpc) is 2.89. The van der Waals surface area contributed by atoms with Crippen molar-refractivity contribution in [2.45, 2.75) is 149 Å². The molecule has 4 saturated carbocycles. The second kappa shape index (κ2) is 13.0. The van der Waals surface area contributed by atoms with Gasteiger partial charge in [0.05, 0.1) is 6.10 Å². The summed E-state index contributed by atoms with van der Waals surface area (Å²) in [6, 6.07) is 0. The molecule has 1 N–H and O–H groups in total. The van der Waals surface area contributed by atoms with Crippen LogP contribution in [-0.2, 0) is 0 Å². The molecule has 10 unspecified atom stereocenters. The van der Waals surface area contributed by atoms with Gasteiger partial charge >= 0.3 is 0 Å². The van der Waals surface area contributed by atoms with E-state index in [-0.39, 0.29) is 6.10 Å². The number of rotatable bonds is 10. The summed E-state index contributed by atoms with van der Waals surface area (Å²) < 4.78 is 0. The minimum atomic E-state index is 0.00386. The van der Waals surface area contributed by atoms with Crippen LogP contribution in [0.3, 0.4) is 0 Å². The highest BCUT2D eigenvalue weighted by Gasteiger charge is 2.55.